The van der Waals surface area contributed by atoms with Crippen LogP contribution in [0.25, 0.3) is 0 Å². The van der Waals surface area contributed by atoms with Crippen molar-refractivity contribution in [1.82, 2.24) is 10.3 Å². The number of hydrogen-bond donors (Lipinski definition) is 4. The van der Waals surface area contributed by atoms with Gasteiger partial charge in [-0.25, -0.2) is 19.6 Å². The average molecular weight is 271 g/mol. The molecule has 0 radical (unpaired) electrons. The van der Waals surface area contributed by atoms with Crippen LogP contribution in [-0.4, -0.2) is 23.5 Å². The highest BCUT2D eigenvalue weighted by molar-refractivity contribution is 5.77. The third-order valence-electron chi connectivity index (χ3n) is 2.65. The Morgan fingerprint density at radius 1 is 1.37 bits per heavy atom. The summed E-state index contributed by atoms with van der Waals surface area (Å²) in [5.74, 6) is 2.82. The number of nitrogen functional groups attached to an aromatic ring is 1. The van der Waals surface area contributed by atoms with Crippen LogP contribution in [-0.2, 0) is 4.79 Å². The maximum atomic E-state index is 13.4. The summed E-state index contributed by atoms with van der Waals surface area (Å²) < 4.78 is 26.5. The van der Waals surface area contributed by atoms with Gasteiger partial charge in [-0.2, -0.15) is 0 Å². The van der Waals surface area contributed by atoms with E-state index in [4.69, 9.17) is 5.84 Å². The van der Waals surface area contributed by atoms with Gasteiger partial charge in [0.1, 0.15) is 0 Å². The van der Waals surface area contributed by atoms with Crippen LogP contribution in [0.15, 0.2) is 6.07 Å². The highest BCUT2D eigenvalue weighted by Crippen LogP contribution is 2.19. The monoisotopic (exact) mass is 271 g/mol. The molecule has 1 fully saturated rings. The van der Waals surface area contributed by atoms with E-state index < -0.39 is 11.6 Å². The van der Waals surface area contributed by atoms with Gasteiger partial charge in [-0.1, -0.05) is 0 Å². The molecule has 0 saturated heterocycles. The zero-order valence-corrected chi connectivity index (χ0v) is 10.2. The van der Waals surface area contributed by atoms with E-state index in [1.54, 1.807) is 0 Å². The van der Waals surface area contributed by atoms with Crippen molar-refractivity contribution in [3.05, 3.63) is 17.7 Å². The quantitative estimate of drug-likeness (QED) is 0.452. The van der Waals surface area contributed by atoms with Crippen LogP contribution < -0.4 is 21.9 Å². The molecule has 1 aromatic rings. The summed E-state index contributed by atoms with van der Waals surface area (Å²) in [6, 6.07) is 0.968. The molecule has 0 bridgehead atoms. The Morgan fingerprint density at radius 2 is 2.05 bits per heavy atom. The lowest BCUT2D eigenvalue weighted by Gasteiger charge is -2.09. The number of hydrogen-bond acceptors (Lipinski definition) is 5. The van der Waals surface area contributed by atoms with E-state index in [1.165, 1.54) is 0 Å². The SMILES string of the molecule is NNc1nc(NCCC(=O)NC2CC2)c(F)cc1F. The number of pyridine rings is 1. The summed E-state index contributed by atoms with van der Waals surface area (Å²) in [5, 5.41) is 5.43. The maximum absolute atomic E-state index is 13.4. The number of carbonyl (C=O) groups is 1. The topological polar surface area (TPSA) is 92.1 Å². The molecule has 1 aliphatic carbocycles. The van der Waals surface area contributed by atoms with Gasteiger partial charge in [0.25, 0.3) is 0 Å². The predicted molar refractivity (Wildman–Crippen MR) is 66.2 cm³/mol. The Morgan fingerprint density at radius 3 is 2.68 bits per heavy atom. The fraction of sp³-hybridized carbons (Fsp3) is 0.455. The van der Waals surface area contributed by atoms with Crippen LogP contribution in [0.3, 0.4) is 0 Å². The van der Waals surface area contributed by atoms with E-state index in [0.717, 1.165) is 12.8 Å². The van der Waals surface area contributed by atoms with Gasteiger partial charge in [-0.15, -0.1) is 0 Å². The molecule has 1 amide bonds. The largest absolute Gasteiger partial charge is 0.367 e. The molecule has 6 nitrogen and oxygen atoms in total. The zero-order chi connectivity index (χ0) is 13.8. The molecule has 1 aromatic heterocycles. The van der Waals surface area contributed by atoms with E-state index in [-0.39, 0.29) is 30.5 Å². The molecule has 1 heterocycles. The van der Waals surface area contributed by atoms with Crippen molar-refractivity contribution in [3.63, 3.8) is 0 Å². The summed E-state index contributed by atoms with van der Waals surface area (Å²) in [6.45, 7) is 0.206. The second-order valence-electron chi connectivity index (χ2n) is 4.31. The lowest BCUT2D eigenvalue weighted by atomic mass is 10.3. The van der Waals surface area contributed by atoms with E-state index in [0.29, 0.717) is 12.1 Å². The van der Waals surface area contributed by atoms with E-state index in [2.05, 4.69) is 15.6 Å². The molecule has 8 heteroatoms. The molecular formula is C11H15F2N5O. The Kier molecular flexibility index (Phi) is 4.10. The van der Waals surface area contributed by atoms with E-state index in [1.807, 2.05) is 5.43 Å². The third kappa shape index (κ3) is 3.75. The molecule has 0 aromatic carbocycles. The molecule has 19 heavy (non-hydrogen) atoms. The Balaban J connectivity index is 1.86. The number of nitrogens with zero attached hydrogens (tertiary/aromatic N) is 1. The second-order valence-corrected chi connectivity index (χ2v) is 4.31. The van der Waals surface area contributed by atoms with Crippen molar-refractivity contribution >= 4 is 17.5 Å². The minimum absolute atomic E-state index is 0.102. The van der Waals surface area contributed by atoms with Crippen molar-refractivity contribution < 1.29 is 13.6 Å². The lowest BCUT2D eigenvalue weighted by molar-refractivity contribution is -0.120. The Labute approximate surface area is 108 Å². The maximum Gasteiger partial charge on any atom is 0.221 e. The third-order valence-corrected chi connectivity index (χ3v) is 2.65. The van der Waals surface area contributed by atoms with Gasteiger partial charge in [-0.3, -0.25) is 4.79 Å². The number of halogens is 2. The number of anilines is 2. The molecule has 0 spiro atoms. The highest BCUT2D eigenvalue weighted by atomic mass is 19.1. The van der Waals surface area contributed by atoms with Crippen molar-refractivity contribution in [1.29, 1.82) is 0 Å². The molecule has 104 valence electrons. The Bertz CT molecular complexity index is 478. The fourth-order valence-corrected chi connectivity index (χ4v) is 1.51. The molecule has 1 saturated carbocycles. The number of nitrogens with two attached hydrogens (primary N) is 1. The molecule has 0 atom stereocenters. The van der Waals surface area contributed by atoms with Gasteiger partial charge < -0.3 is 16.1 Å². The van der Waals surface area contributed by atoms with Crippen LogP contribution in [0.2, 0.25) is 0 Å². The number of nitrogens with one attached hydrogen (secondary N) is 3. The van der Waals surface area contributed by atoms with Crippen molar-refractivity contribution in [2.75, 3.05) is 17.3 Å². The zero-order valence-electron chi connectivity index (χ0n) is 10.2. The van der Waals surface area contributed by atoms with Gasteiger partial charge in [0.2, 0.25) is 5.91 Å². The van der Waals surface area contributed by atoms with Crippen LogP contribution in [0.1, 0.15) is 19.3 Å². The van der Waals surface area contributed by atoms with Crippen molar-refractivity contribution in [3.8, 4) is 0 Å². The summed E-state index contributed by atoms with van der Waals surface area (Å²) in [6.07, 6.45) is 2.22. The lowest BCUT2D eigenvalue weighted by Crippen LogP contribution is -2.27. The minimum atomic E-state index is -0.878. The normalized spacial score (nSPS) is 14.1. The fourth-order valence-electron chi connectivity index (χ4n) is 1.51. The van der Waals surface area contributed by atoms with Gasteiger partial charge in [0, 0.05) is 25.1 Å². The summed E-state index contributed by atoms with van der Waals surface area (Å²) in [7, 11) is 0. The summed E-state index contributed by atoms with van der Waals surface area (Å²) >= 11 is 0. The number of amides is 1. The summed E-state index contributed by atoms with van der Waals surface area (Å²) in [5.41, 5.74) is 2.02. The first-order valence-electron chi connectivity index (χ1n) is 5.96. The average Bonchev–Trinajstić information content (AvgIpc) is 3.15. The summed E-state index contributed by atoms with van der Waals surface area (Å²) in [4.78, 5) is 15.0. The number of carbonyl (C=O) groups excluding carboxylic acids is 1. The number of aromatic nitrogens is 1. The first-order chi connectivity index (χ1) is 9.10. The molecule has 2 rings (SSSR count). The number of hydrazine groups is 1. The van der Waals surface area contributed by atoms with Crippen LogP contribution in [0, 0.1) is 11.6 Å². The second kappa shape index (κ2) is 5.79. The minimum Gasteiger partial charge on any atom is -0.367 e. The predicted octanol–water partition coefficient (Wildman–Crippen LogP) is 0.726. The molecule has 1 aliphatic rings. The van der Waals surface area contributed by atoms with E-state index in [9.17, 15) is 13.6 Å². The standard InChI is InChI=1S/C11H15F2N5O/c12-7-5-8(13)11(18-14)17-10(7)15-4-3-9(19)16-6-1-2-6/h5-6H,1-4,14H2,(H,16,19)(H2,15,17,18). The first-order valence-corrected chi connectivity index (χ1v) is 5.96. The van der Waals surface area contributed by atoms with Crippen LogP contribution in [0.4, 0.5) is 20.4 Å². The van der Waals surface area contributed by atoms with Gasteiger partial charge in [0.05, 0.1) is 0 Å². The van der Waals surface area contributed by atoms with Gasteiger partial charge >= 0.3 is 0 Å². The smallest absolute Gasteiger partial charge is 0.221 e. The Hall–Kier alpha value is -1.96. The molecular weight excluding hydrogens is 256 g/mol. The first kappa shape index (κ1) is 13.5. The highest BCUT2D eigenvalue weighted by Gasteiger charge is 2.22. The van der Waals surface area contributed by atoms with Crippen LogP contribution >= 0.6 is 0 Å². The van der Waals surface area contributed by atoms with Crippen LogP contribution in [0.5, 0.6) is 0 Å². The van der Waals surface area contributed by atoms with Gasteiger partial charge in [0.15, 0.2) is 23.3 Å². The molecule has 0 aliphatic heterocycles. The number of rotatable bonds is 6. The molecule has 0 unspecified atom stereocenters. The van der Waals surface area contributed by atoms with Gasteiger partial charge in [-0.05, 0) is 12.8 Å². The van der Waals surface area contributed by atoms with Crippen molar-refractivity contribution in [2.45, 2.75) is 25.3 Å². The van der Waals surface area contributed by atoms with E-state index >= 15 is 0 Å². The van der Waals surface area contributed by atoms with Crippen molar-refractivity contribution in [2.24, 2.45) is 5.84 Å². The molecule has 5 N–H and O–H groups in total.